The maximum absolute atomic E-state index is 9.04. The van der Waals surface area contributed by atoms with Gasteiger partial charge in [0.15, 0.2) is 0 Å². The standard InChI is InChI=1S/C6H12O4/c7-2-4-1-5(8)6(9)3-10-4/h4-9H,1-3H2/t4?,5?,6-/m0/s1. The first-order valence-corrected chi connectivity index (χ1v) is 3.32. The first-order chi connectivity index (χ1) is 4.74. The van der Waals surface area contributed by atoms with Crippen molar-refractivity contribution in [2.75, 3.05) is 13.2 Å². The molecular formula is C6H12O4. The summed E-state index contributed by atoms with van der Waals surface area (Å²) < 4.78 is 4.95. The van der Waals surface area contributed by atoms with E-state index in [1.165, 1.54) is 0 Å². The summed E-state index contributed by atoms with van der Waals surface area (Å²) in [5, 5.41) is 26.5. The molecule has 0 radical (unpaired) electrons. The molecule has 0 aromatic rings. The Morgan fingerprint density at radius 3 is 2.50 bits per heavy atom. The van der Waals surface area contributed by atoms with Crippen molar-refractivity contribution in [2.45, 2.75) is 24.7 Å². The number of aliphatic hydroxyl groups is 3. The van der Waals surface area contributed by atoms with Crippen molar-refractivity contribution in [3.05, 3.63) is 0 Å². The Hall–Kier alpha value is -0.160. The summed E-state index contributed by atoms with van der Waals surface area (Å²) in [5.41, 5.74) is 0. The van der Waals surface area contributed by atoms with Gasteiger partial charge in [-0.15, -0.1) is 0 Å². The molecule has 3 atom stereocenters. The van der Waals surface area contributed by atoms with E-state index in [9.17, 15) is 0 Å². The topological polar surface area (TPSA) is 69.9 Å². The molecule has 1 aliphatic heterocycles. The minimum absolute atomic E-state index is 0.0935. The Kier molecular flexibility index (Phi) is 2.62. The van der Waals surface area contributed by atoms with Gasteiger partial charge in [-0.3, -0.25) is 0 Å². The van der Waals surface area contributed by atoms with Crippen LogP contribution in [0.5, 0.6) is 0 Å². The fourth-order valence-corrected chi connectivity index (χ4v) is 0.967. The first kappa shape index (κ1) is 7.94. The van der Waals surface area contributed by atoms with Crippen LogP contribution in [0.15, 0.2) is 0 Å². The third-order valence-corrected chi connectivity index (χ3v) is 1.65. The molecule has 3 N–H and O–H groups in total. The summed E-state index contributed by atoms with van der Waals surface area (Å²) in [7, 11) is 0. The minimum atomic E-state index is -0.789. The second-order valence-electron chi connectivity index (χ2n) is 2.51. The molecule has 4 heteroatoms. The zero-order chi connectivity index (χ0) is 7.56. The molecule has 1 rings (SSSR count). The molecule has 1 aliphatic rings. The van der Waals surface area contributed by atoms with Gasteiger partial charge in [0.2, 0.25) is 0 Å². The summed E-state index contributed by atoms with van der Waals surface area (Å²) >= 11 is 0. The van der Waals surface area contributed by atoms with Gasteiger partial charge in [0.1, 0.15) is 6.10 Å². The van der Waals surface area contributed by atoms with Crippen molar-refractivity contribution in [3.8, 4) is 0 Å². The molecule has 2 unspecified atom stereocenters. The Morgan fingerprint density at radius 1 is 1.30 bits per heavy atom. The maximum atomic E-state index is 9.04. The lowest BCUT2D eigenvalue weighted by Crippen LogP contribution is -2.42. The van der Waals surface area contributed by atoms with Crippen LogP contribution in [0.1, 0.15) is 6.42 Å². The summed E-state index contributed by atoms with van der Waals surface area (Å²) in [6, 6.07) is 0. The van der Waals surface area contributed by atoms with Gasteiger partial charge in [0, 0.05) is 6.42 Å². The molecule has 0 aliphatic carbocycles. The molecular weight excluding hydrogens is 136 g/mol. The normalized spacial score (nSPS) is 41.7. The van der Waals surface area contributed by atoms with E-state index in [4.69, 9.17) is 20.1 Å². The monoisotopic (exact) mass is 148 g/mol. The van der Waals surface area contributed by atoms with Gasteiger partial charge in [0.25, 0.3) is 0 Å². The average Bonchev–Trinajstić information content (AvgIpc) is 1.95. The van der Waals surface area contributed by atoms with Crippen LogP contribution in [-0.2, 0) is 4.74 Å². The van der Waals surface area contributed by atoms with Crippen LogP contribution in [0.2, 0.25) is 0 Å². The number of rotatable bonds is 1. The Bertz CT molecular complexity index is 106. The second-order valence-corrected chi connectivity index (χ2v) is 2.51. The molecule has 0 aromatic carbocycles. The quantitative estimate of drug-likeness (QED) is 0.423. The molecule has 1 saturated heterocycles. The Morgan fingerprint density at radius 2 is 2.00 bits per heavy atom. The molecule has 0 aromatic heterocycles. The van der Waals surface area contributed by atoms with Crippen molar-refractivity contribution in [2.24, 2.45) is 0 Å². The smallest absolute Gasteiger partial charge is 0.103 e. The molecule has 10 heavy (non-hydrogen) atoms. The van der Waals surface area contributed by atoms with E-state index >= 15 is 0 Å². The van der Waals surface area contributed by atoms with Crippen LogP contribution in [-0.4, -0.2) is 46.8 Å². The second kappa shape index (κ2) is 3.30. The zero-order valence-electron chi connectivity index (χ0n) is 5.60. The van der Waals surface area contributed by atoms with E-state index in [2.05, 4.69) is 0 Å². The molecule has 0 bridgehead atoms. The predicted octanol–water partition coefficient (Wildman–Crippen LogP) is -1.51. The third-order valence-electron chi connectivity index (χ3n) is 1.65. The van der Waals surface area contributed by atoms with Crippen molar-refractivity contribution < 1.29 is 20.1 Å². The first-order valence-electron chi connectivity index (χ1n) is 3.32. The van der Waals surface area contributed by atoms with E-state index in [1.807, 2.05) is 0 Å². The molecule has 0 saturated carbocycles. The van der Waals surface area contributed by atoms with E-state index in [0.29, 0.717) is 6.42 Å². The lowest BCUT2D eigenvalue weighted by atomic mass is 10.0. The van der Waals surface area contributed by atoms with Gasteiger partial charge in [-0.25, -0.2) is 0 Å². The van der Waals surface area contributed by atoms with Gasteiger partial charge in [-0.1, -0.05) is 0 Å². The molecule has 0 amide bonds. The van der Waals surface area contributed by atoms with Crippen molar-refractivity contribution >= 4 is 0 Å². The highest BCUT2D eigenvalue weighted by Gasteiger charge is 2.27. The SMILES string of the molecule is OCC1CC(O)[C@@H](O)CO1. The van der Waals surface area contributed by atoms with Gasteiger partial charge in [-0.2, -0.15) is 0 Å². The Labute approximate surface area is 59.1 Å². The van der Waals surface area contributed by atoms with Gasteiger partial charge in [0.05, 0.1) is 25.4 Å². The lowest BCUT2D eigenvalue weighted by molar-refractivity contribution is -0.131. The lowest BCUT2D eigenvalue weighted by Gasteiger charge is -2.29. The fourth-order valence-electron chi connectivity index (χ4n) is 0.967. The zero-order valence-corrected chi connectivity index (χ0v) is 5.60. The number of hydrogen-bond acceptors (Lipinski definition) is 4. The molecule has 1 heterocycles. The van der Waals surface area contributed by atoms with Crippen LogP contribution < -0.4 is 0 Å². The fraction of sp³-hybridized carbons (Fsp3) is 1.00. The van der Waals surface area contributed by atoms with Gasteiger partial charge in [-0.05, 0) is 0 Å². The van der Waals surface area contributed by atoms with Crippen molar-refractivity contribution in [3.63, 3.8) is 0 Å². The predicted molar refractivity (Wildman–Crippen MR) is 33.5 cm³/mol. The molecule has 4 nitrogen and oxygen atoms in total. The largest absolute Gasteiger partial charge is 0.394 e. The highest BCUT2D eigenvalue weighted by atomic mass is 16.5. The van der Waals surface area contributed by atoms with Crippen molar-refractivity contribution in [1.82, 2.24) is 0 Å². The molecule has 1 fully saturated rings. The van der Waals surface area contributed by atoms with E-state index in [1.54, 1.807) is 0 Å². The average molecular weight is 148 g/mol. The highest BCUT2D eigenvalue weighted by Crippen LogP contribution is 2.13. The van der Waals surface area contributed by atoms with Crippen LogP contribution in [0.25, 0.3) is 0 Å². The van der Waals surface area contributed by atoms with E-state index in [-0.39, 0.29) is 19.3 Å². The highest BCUT2D eigenvalue weighted by molar-refractivity contribution is 4.76. The van der Waals surface area contributed by atoms with E-state index in [0.717, 1.165) is 0 Å². The molecule has 60 valence electrons. The number of ether oxygens (including phenoxy) is 1. The van der Waals surface area contributed by atoms with Crippen LogP contribution in [0.3, 0.4) is 0 Å². The minimum Gasteiger partial charge on any atom is -0.394 e. The van der Waals surface area contributed by atoms with Crippen molar-refractivity contribution in [1.29, 1.82) is 0 Å². The van der Waals surface area contributed by atoms with Crippen LogP contribution in [0.4, 0.5) is 0 Å². The summed E-state index contributed by atoms with van der Waals surface area (Å²) in [6.45, 7) is 0.0240. The maximum Gasteiger partial charge on any atom is 0.103 e. The van der Waals surface area contributed by atoms with Crippen LogP contribution in [0, 0.1) is 0 Å². The Balaban J connectivity index is 2.33. The summed E-state index contributed by atoms with van der Waals surface area (Å²) in [6.07, 6.45) is -1.52. The summed E-state index contributed by atoms with van der Waals surface area (Å²) in [4.78, 5) is 0. The third kappa shape index (κ3) is 1.67. The van der Waals surface area contributed by atoms with Gasteiger partial charge >= 0.3 is 0 Å². The summed E-state index contributed by atoms with van der Waals surface area (Å²) in [5.74, 6) is 0. The number of aliphatic hydroxyl groups excluding tert-OH is 3. The van der Waals surface area contributed by atoms with E-state index < -0.39 is 12.2 Å². The van der Waals surface area contributed by atoms with Crippen LogP contribution >= 0.6 is 0 Å². The number of hydrogen-bond donors (Lipinski definition) is 3. The van der Waals surface area contributed by atoms with Gasteiger partial charge < -0.3 is 20.1 Å². The molecule has 0 spiro atoms.